The van der Waals surface area contributed by atoms with Crippen LogP contribution < -0.4 is 5.32 Å². The van der Waals surface area contributed by atoms with Gasteiger partial charge in [0.25, 0.3) is 0 Å². The SMILES string of the molecule is CC(C)(C)OC(=O)N[C@@H]1CCCC[C@H]1OCc1ccccc1Br. The molecule has 128 valence electrons. The van der Waals surface area contributed by atoms with Crippen LogP contribution in [0.15, 0.2) is 28.7 Å². The van der Waals surface area contributed by atoms with Crippen molar-refractivity contribution in [3.8, 4) is 0 Å². The first-order valence-electron chi connectivity index (χ1n) is 8.20. The first kappa shape index (κ1) is 18.3. The van der Waals surface area contributed by atoms with Crippen LogP contribution in [0.5, 0.6) is 0 Å². The number of ether oxygens (including phenoxy) is 2. The Labute approximate surface area is 147 Å². The minimum Gasteiger partial charge on any atom is -0.444 e. The molecule has 2 rings (SSSR count). The Hall–Kier alpha value is -1.07. The molecule has 0 unspecified atom stereocenters. The standard InChI is InChI=1S/C18H26BrNO3/c1-18(2,3)23-17(21)20-15-10-6-7-11-16(15)22-12-13-8-4-5-9-14(13)19/h4-5,8-9,15-16H,6-7,10-12H2,1-3H3,(H,20,21)/t15-,16-/m1/s1. The predicted octanol–water partition coefficient (Wildman–Crippen LogP) is 4.80. The van der Waals surface area contributed by atoms with E-state index in [1.54, 1.807) is 0 Å². The van der Waals surface area contributed by atoms with Crippen LogP contribution in [-0.4, -0.2) is 23.8 Å². The van der Waals surface area contributed by atoms with E-state index in [2.05, 4.69) is 21.2 Å². The van der Waals surface area contributed by atoms with Crippen LogP contribution in [0, 0.1) is 0 Å². The molecule has 1 aliphatic carbocycles. The van der Waals surface area contributed by atoms with Crippen LogP contribution in [0.2, 0.25) is 0 Å². The van der Waals surface area contributed by atoms with Gasteiger partial charge in [-0.2, -0.15) is 0 Å². The van der Waals surface area contributed by atoms with Gasteiger partial charge in [-0.05, 0) is 45.2 Å². The maximum atomic E-state index is 12.0. The number of hydrogen-bond donors (Lipinski definition) is 1. The minimum absolute atomic E-state index is 0.0149. The summed E-state index contributed by atoms with van der Waals surface area (Å²) < 4.78 is 12.5. The highest BCUT2D eigenvalue weighted by molar-refractivity contribution is 9.10. The Morgan fingerprint density at radius 1 is 1.26 bits per heavy atom. The third kappa shape index (κ3) is 6.15. The molecule has 4 nitrogen and oxygen atoms in total. The second kappa shape index (κ2) is 8.15. The summed E-state index contributed by atoms with van der Waals surface area (Å²) >= 11 is 3.54. The number of alkyl carbamates (subject to hydrolysis) is 1. The first-order valence-corrected chi connectivity index (χ1v) is 8.99. The number of hydrogen-bond acceptors (Lipinski definition) is 3. The zero-order valence-corrected chi connectivity index (χ0v) is 15.7. The fraction of sp³-hybridized carbons (Fsp3) is 0.611. The number of halogens is 1. The molecular formula is C18H26BrNO3. The Morgan fingerprint density at radius 3 is 2.65 bits per heavy atom. The molecule has 0 aromatic heterocycles. The van der Waals surface area contributed by atoms with Crippen LogP contribution in [0.4, 0.5) is 4.79 Å². The van der Waals surface area contributed by atoms with Gasteiger partial charge in [-0.15, -0.1) is 0 Å². The van der Waals surface area contributed by atoms with Crippen molar-refractivity contribution in [2.24, 2.45) is 0 Å². The Kier molecular flexibility index (Phi) is 6.48. The average molecular weight is 384 g/mol. The van der Waals surface area contributed by atoms with Gasteiger partial charge in [0.15, 0.2) is 0 Å². The molecule has 0 spiro atoms. The fourth-order valence-corrected chi connectivity index (χ4v) is 3.13. The molecule has 1 saturated carbocycles. The van der Waals surface area contributed by atoms with E-state index < -0.39 is 5.60 Å². The van der Waals surface area contributed by atoms with E-state index in [4.69, 9.17) is 9.47 Å². The molecule has 0 aliphatic heterocycles. The van der Waals surface area contributed by atoms with Crippen molar-refractivity contribution >= 4 is 22.0 Å². The normalized spacial score (nSPS) is 21.7. The number of benzene rings is 1. The van der Waals surface area contributed by atoms with Gasteiger partial charge >= 0.3 is 6.09 Å². The van der Waals surface area contributed by atoms with Gasteiger partial charge in [-0.3, -0.25) is 0 Å². The van der Waals surface area contributed by atoms with E-state index in [1.165, 1.54) is 0 Å². The predicted molar refractivity (Wildman–Crippen MR) is 94.3 cm³/mol. The van der Waals surface area contributed by atoms with E-state index in [-0.39, 0.29) is 18.2 Å². The lowest BCUT2D eigenvalue weighted by molar-refractivity contribution is -0.0115. The average Bonchev–Trinajstić information content (AvgIpc) is 2.46. The summed E-state index contributed by atoms with van der Waals surface area (Å²) in [7, 11) is 0. The Morgan fingerprint density at radius 2 is 1.96 bits per heavy atom. The maximum absolute atomic E-state index is 12.0. The fourth-order valence-electron chi connectivity index (χ4n) is 2.73. The second-order valence-corrected chi connectivity index (χ2v) is 7.83. The summed E-state index contributed by atoms with van der Waals surface area (Å²) in [6.07, 6.45) is 3.80. The third-order valence-corrected chi connectivity index (χ3v) is 4.59. The summed E-state index contributed by atoms with van der Waals surface area (Å²) in [6.45, 7) is 6.15. The maximum Gasteiger partial charge on any atom is 0.407 e. The van der Waals surface area contributed by atoms with Gasteiger partial charge < -0.3 is 14.8 Å². The zero-order chi connectivity index (χ0) is 16.9. The summed E-state index contributed by atoms with van der Waals surface area (Å²) in [4.78, 5) is 12.0. The van der Waals surface area contributed by atoms with Crippen LogP contribution in [0.25, 0.3) is 0 Å². The number of carbonyl (C=O) groups excluding carboxylic acids is 1. The lowest BCUT2D eigenvalue weighted by atomic mass is 9.92. The first-order chi connectivity index (χ1) is 10.8. The van der Waals surface area contributed by atoms with E-state index in [0.29, 0.717) is 6.61 Å². The minimum atomic E-state index is -0.482. The van der Waals surface area contributed by atoms with Crippen molar-refractivity contribution in [2.45, 2.75) is 70.8 Å². The van der Waals surface area contributed by atoms with Crippen LogP contribution >= 0.6 is 15.9 Å². The summed E-state index contributed by atoms with van der Waals surface area (Å²) in [5.74, 6) is 0. The monoisotopic (exact) mass is 383 g/mol. The third-order valence-electron chi connectivity index (χ3n) is 3.82. The van der Waals surface area contributed by atoms with Gasteiger partial charge in [-0.1, -0.05) is 47.0 Å². The second-order valence-electron chi connectivity index (χ2n) is 6.98. The Balaban J connectivity index is 1.90. The molecule has 0 radical (unpaired) electrons. The molecular weight excluding hydrogens is 358 g/mol. The van der Waals surface area contributed by atoms with E-state index >= 15 is 0 Å². The van der Waals surface area contributed by atoms with Crippen LogP contribution in [0.3, 0.4) is 0 Å². The van der Waals surface area contributed by atoms with Crippen LogP contribution in [0.1, 0.15) is 52.0 Å². The lowest BCUT2D eigenvalue weighted by Crippen LogP contribution is -2.47. The molecule has 1 aromatic carbocycles. The van der Waals surface area contributed by atoms with Gasteiger partial charge in [0.2, 0.25) is 0 Å². The van der Waals surface area contributed by atoms with Gasteiger partial charge in [-0.25, -0.2) is 4.79 Å². The summed E-state index contributed by atoms with van der Waals surface area (Å²) in [6, 6.07) is 8.06. The van der Waals surface area contributed by atoms with E-state index in [9.17, 15) is 4.79 Å². The van der Waals surface area contributed by atoms with E-state index in [0.717, 1.165) is 35.7 Å². The quantitative estimate of drug-likeness (QED) is 0.811. The molecule has 0 heterocycles. The van der Waals surface area contributed by atoms with Crippen molar-refractivity contribution in [3.63, 3.8) is 0 Å². The zero-order valence-electron chi connectivity index (χ0n) is 14.1. The van der Waals surface area contributed by atoms with Gasteiger partial charge in [0.1, 0.15) is 5.60 Å². The molecule has 1 N–H and O–H groups in total. The highest BCUT2D eigenvalue weighted by Gasteiger charge is 2.29. The van der Waals surface area contributed by atoms with Crippen LogP contribution in [-0.2, 0) is 16.1 Å². The van der Waals surface area contributed by atoms with Crippen molar-refractivity contribution < 1.29 is 14.3 Å². The highest BCUT2D eigenvalue weighted by atomic mass is 79.9. The smallest absolute Gasteiger partial charge is 0.407 e. The molecule has 0 saturated heterocycles. The molecule has 2 atom stereocenters. The van der Waals surface area contributed by atoms with Crippen molar-refractivity contribution in [3.05, 3.63) is 34.3 Å². The van der Waals surface area contributed by atoms with Crippen molar-refractivity contribution in [1.82, 2.24) is 5.32 Å². The summed E-state index contributed by atoms with van der Waals surface area (Å²) in [5, 5.41) is 2.98. The number of amides is 1. The molecule has 1 amide bonds. The molecule has 5 heteroatoms. The largest absolute Gasteiger partial charge is 0.444 e. The topological polar surface area (TPSA) is 47.6 Å². The van der Waals surface area contributed by atoms with Crippen molar-refractivity contribution in [1.29, 1.82) is 0 Å². The van der Waals surface area contributed by atoms with Gasteiger partial charge in [0.05, 0.1) is 18.8 Å². The number of carbonyl (C=O) groups is 1. The van der Waals surface area contributed by atoms with Gasteiger partial charge in [0, 0.05) is 4.47 Å². The Bertz CT molecular complexity index is 527. The molecule has 1 aromatic rings. The lowest BCUT2D eigenvalue weighted by Gasteiger charge is -2.33. The van der Waals surface area contributed by atoms with E-state index in [1.807, 2.05) is 45.0 Å². The molecule has 1 fully saturated rings. The molecule has 23 heavy (non-hydrogen) atoms. The summed E-state index contributed by atoms with van der Waals surface area (Å²) in [5.41, 5.74) is 0.637. The molecule has 1 aliphatic rings. The molecule has 0 bridgehead atoms. The van der Waals surface area contributed by atoms with Crippen molar-refractivity contribution in [2.75, 3.05) is 0 Å². The number of rotatable bonds is 4. The highest BCUT2D eigenvalue weighted by Crippen LogP contribution is 2.24. The number of nitrogens with one attached hydrogen (secondary N) is 1.